The third-order valence-corrected chi connectivity index (χ3v) is 3.23. The van der Waals surface area contributed by atoms with Crippen LogP contribution in [0.4, 0.5) is 16.2 Å². The zero-order valence-corrected chi connectivity index (χ0v) is 11.2. The number of piperidine rings is 1. The molecule has 0 saturated carbocycles. The third-order valence-electron chi connectivity index (χ3n) is 3.23. The van der Waals surface area contributed by atoms with Gasteiger partial charge in [0, 0.05) is 13.1 Å². The van der Waals surface area contributed by atoms with E-state index in [1.165, 1.54) is 6.42 Å². The van der Waals surface area contributed by atoms with E-state index in [-0.39, 0.29) is 0 Å². The summed E-state index contributed by atoms with van der Waals surface area (Å²) in [5.74, 6) is 0. The fourth-order valence-electron chi connectivity index (χ4n) is 2.40. The molecular formula is C14H20N2O3. The third kappa shape index (κ3) is 3.17. The second-order valence-corrected chi connectivity index (χ2v) is 4.53. The van der Waals surface area contributed by atoms with Crippen LogP contribution < -0.4 is 9.96 Å². The van der Waals surface area contributed by atoms with Gasteiger partial charge in [0.15, 0.2) is 0 Å². The molecule has 1 aromatic rings. The van der Waals surface area contributed by atoms with Crippen molar-refractivity contribution < 1.29 is 14.7 Å². The van der Waals surface area contributed by atoms with Gasteiger partial charge >= 0.3 is 6.09 Å². The van der Waals surface area contributed by atoms with Crippen LogP contribution in [-0.2, 0) is 4.84 Å². The molecule has 1 aliphatic heterocycles. The van der Waals surface area contributed by atoms with Gasteiger partial charge in [0.1, 0.15) is 0 Å². The molecule has 1 heterocycles. The number of para-hydroxylation sites is 2. The first kappa shape index (κ1) is 13.7. The van der Waals surface area contributed by atoms with Crippen molar-refractivity contribution in [2.75, 3.05) is 29.7 Å². The van der Waals surface area contributed by atoms with Gasteiger partial charge in [-0.25, -0.2) is 4.79 Å². The second-order valence-electron chi connectivity index (χ2n) is 4.53. The average molecular weight is 264 g/mol. The Morgan fingerprint density at radius 1 is 1.32 bits per heavy atom. The fourth-order valence-corrected chi connectivity index (χ4v) is 2.40. The first-order valence-electron chi connectivity index (χ1n) is 6.74. The van der Waals surface area contributed by atoms with Crippen molar-refractivity contribution in [1.82, 2.24) is 0 Å². The lowest BCUT2D eigenvalue weighted by atomic mass is 10.1. The van der Waals surface area contributed by atoms with Crippen LogP contribution in [0.15, 0.2) is 24.3 Å². The maximum absolute atomic E-state index is 11.3. The van der Waals surface area contributed by atoms with Crippen LogP contribution in [0, 0.1) is 0 Å². The van der Waals surface area contributed by atoms with Gasteiger partial charge < -0.3 is 10.0 Å². The van der Waals surface area contributed by atoms with Gasteiger partial charge in [-0.1, -0.05) is 12.1 Å². The summed E-state index contributed by atoms with van der Waals surface area (Å²) in [5, 5.41) is 10.2. The van der Waals surface area contributed by atoms with Crippen molar-refractivity contribution in [3.05, 3.63) is 24.3 Å². The smallest absolute Gasteiger partial charge is 0.436 e. The maximum atomic E-state index is 11.3. The maximum Gasteiger partial charge on any atom is 0.436 e. The Kier molecular flexibility index (Phi) is 4.63. The number of hydrogen-bond acceptors (Lipinski definition) is 3. The quantitative estimate of drug-likeness (QED) is 0.849. The molecule has 1 aromatic carbocycles. The van der Waals surface area contributed by atoms with Crippen LogP contribution in [0.5, 0.6) is 0 Å². The van der Waals surface area contributed by atoms with Gasteiger partial charge in [-0.2, -0.15) is 5.06 Å². The van der Waals surface area contributed by atoms with Gasteiger partial charge in [0.2, 0.25) is 0 Å². The molecular weight excluding hydrogens is 244 g/mol. The Morgan fingerprint density at radius 3 is 2.63 bits per heavy atom. The highest BCUT2D eigenvalue weighted by Gasteiger charge is 2.22. The van der Waals surface area contributed by atoms with Gasteiger partial charge in [-0.15, -0.1) is 0 Å². The van der Waals surface area contributed by atoms with E-state index in [0.29, 0.717) is 12.3 Å². The molecule has 2 rings (SSSR count). The van der Waals surface area contributed by atoms with E-state index < -0.39 is 6.09 Å². The molecule has 19 heavy (non-hydrogen) atoms. The van der Waals surface area contributed by atoms with E-state index in [1.54, 1.807) is 13.0 Å². The number of hydrogen-bond donors (Lipinski definition) is 1. The van der Waals surface area contributed by atoms with Gasteiger partial charge in [-0.3, -0.25) is 4.84 Å². The second kappa shape index (κ2) is 6.43. The highest BCUT2D eigenvalue weighted by molar-refractivity contribution is 5.89. The molecule has 1 aliphatic rings. The lowest BCUT2D eigenvalue weighted by Crippen LogP contribution is -2.34. The van der Waals surface area contributed by atoms with Gasteiger partial charge in [-0.05, 0) is 38.3 Å². The molecule has 1 N–H and O–H groups in total. The summed E-state index contributed by atoms with van der Waals surface area (Å²) in [6.45, 7) is 4.03. The van der Waals surface area contributed by atoms with E-state index in [4.69, 9.17) is 4.84 Å². The molecule has 0 unspecified atom stereocenters. The summed E-state index contributed by atoms with van der Waals surface area (Å²) >= 11 is 0. The number of amides is 1. The highest BCUT2D eigenvalue weighted by atomic mass is 16.7. The molecule has 1 amide bonds. The zero-order valence-electron chi connectivity index (χ0n) is 11.2. The molecule has 104 valence electrons. The first-order chi connectivity index (χ1) is 9.24. The van der Waals surface area contributed by atoms with Gasteiger partial charge in [0.25, 0.3) is 0 Å². The minimum atomic E-state index is -1.09. The summed E-state index contributed by atoms with van der Waals surface area (Å²) in [7, 11) is 0. The van der Waals surface area contributed by atoms with E-state index >= 15 is 0 Å². The number of rotatable bonds is 4. The van der Waals surface area contributed by atoms with E-state index in [9.17, 15) is 9.90 Å². The van der Waals surface area contributed by atoms with E-state index in [1.807, 2.05) is 18.2 Å². The van der Waals surface area contributed by atoms with E-state index in [2.05, 4.69) is 4.90 Å². The normalized spacial score (nSPS) is 15.3. The Bertz CT molecular complexity index is 430. The standard InChI is InChI=1S/C14H20N2O3/c1-2-19-16(14(17)18)13-9-5-4-8-12(13)15-10-6-3-7-11-15/h4-5,8-9H,2-3,6-7,10-11H2,1H3,(H,17,18). The Balaban J connectivity index is 2.30. The Hall–Kier alpha value is -1.75. The van der Waals surface area contributed by atoms with Crippen molar-refractivity contribution in [2.45, 2.75) is 26.2 Å². The van der Waals surface area contributed by atoms with Crippen LogP contribution >= 0.6 is 0 Å². The molecule has 0 atom stereocenters. The molecule has 0 spiro atoms. The van der Waals surface area contributed by atoms with Crippen LogP contribution in [0.1, 0.15) is 26.2 Å². The Morgan fingerprint density at radius 2 is 2.00 bits per heavy atom. The Labute approximate surface area is 113 Å². The molecule has 1 fully saturated rings. The van der Waals surface area contributed by atoms with Crippen molar-refractivity contribution in [3.63, 3.8) is 0 Å². The summed E-state index contributed by atoms with van der Waals surface area (Å²) < 4.78 is 0. The number of benzene rings is 1. The largest absolute Gasteiger partial charge is 0.463 e. The molecule has 5 heteroatoms. The number of carbonyl (C=O) groups is 1. The van der Waals surface area contributed by atoms with Gasteiger partial charge in [0.05, 0.1) is 18.0 Å². The molecule has 0 aromatic heterocycles. The minimum Gasteiger partial charge on any atom is -0.463 e. The number of anilines is 2. The average Bonchev–Trinajstić information content (AvgIpc) is 2.45. The highest BCUT2D eigenvalue weighted by Crippen LogP contribution is 2.31. The topological polar surface area (TPSA) is 53.0 Å². The number of nitrogens with zero attached hydrogens (tertiary/aromatic N) is 2. The van der Waals surface area contributed by atoms with Crippen LogP contribution in [0.3, 0.4) is 0 Å². The van der Waals surface area contributed by atoms with Crippen LogP contribution in [0.2, 0.25) is 0 Å². The number of hydroxylamine groups is 1. The van der Waals surface area contributed by atoms with Crippen molar-refractivity contribution in [3.8, 4) is 0 Å². The van der Waals surface area contributed by atoms with Crippen molar-refractivity contribution in [1.29, 1.82) is 0 Å². The van der Waals surface area contributed by atoms with E-state index in [0.717, 1.165) is 36.7 Å². The lowest BCUT2D eigenvalue weighted by molar-refractivity contribution is 0.103. The SMILES string of the molecule is CCON(C(=O)O)c1ccccc1N1CCCCC1. The van der Waals surface area contributed by atoms with Crippen molar-refractivity contribution >= 4 is 17.5 Å². The lowest BCUT2D eigenvalue weighted by Gasteiger charge is -2.32. The molecule has 0 radical (unpaired) electrons. The molecule has 5 nitrogen and oxygen atoms in total. The first-order valence-corrected chi connectivity index (χ1v) is 6.74. The molecule has 1 saturated heterocycles. The van der Waals surface area contributed by atoms with Crippen LogP contribution in [0.25, 0.3) is 0 Å². The molecule has 0 bridgehead atoms. The zero-order chi connectivity index (χ0) is 13.7. The summed E-state index contributed by atoms with van der Waals surface area (Å²) in [5.41, 5.74) is 1.52. The monoisotopic (exact) mass is 264 g/mol. The summed E-state index contributed by atoms with van der Waals surface area (Å²) in [6, 6.07) is 7.50. The predicted molar refractivity (Wildman–Crippen MR) is 74.6 cm³/mol. The number of carboxylic acid groups (broad SMARTS) is 1. The summed E-state index contributed by atoms with van der Waals surface area (Å²) in [6.07, 6.45) is 2.45. The predicted octanol–water partition coefficient (Wildman–Crippen LogP) is 3.11. The fraction of sp³-hybridized carbons (Fsp3) is 0.500. The molecule has 0 aliphatic carbocycles. The van der Waals surface area contributed by atoms with Crippen LogP contribution in [-0.4, -0.2) is 30.9 Å². The summed E-state index contributed by atoms with van der Waals surface area (Å²) in [4.78, 5) is 18.8. The minimum absolute atomic E-state index is 0.320. The van der Waals surface area contributed by atoms with Crippen molar-refractivity contribution in [2.24, 2.45) is 0 Å².